The predicted octanol–water partition coefficient (Wildman–Crippen LogP) is 1.32. The van der Waals surface area contributed by atoms with Crippen molar-refractivity contribution in [2.45, 2.75) is 13.0 Å². The number of nitrogens with zero attached hydrogens (tertiary/aromatic N) is 1. The molecule has 3 nitrogen and oxygen atoms in total. The van der Waals surface area contributed by atoms with Crippen LogP contribution in [0, 0.1) is 5.95 Å². The third kappa shape index (κ3) is 1.89. The quantitative estimate of drug-likeness (QED) is 0.695. The average molecular weight is 192 g/mol. The fraction of sp³-hybridized carbons (Fsp3) is 0.286. The van der Waals surface area contributed by atoms with Crippen molar-refractivity contribution in [2.75, 3.05) is 0 Å². The molecule has 0 unspecified atom stereocenters. The van der Waals surface area contributed by atoms with E-state index in [0.29, 0.717) is 0 Å². The Morgan fingerprint density at radius 1 is 1.54 bits per heavy atom. The maximum Gasteiger partial charge on any atom is 0.267 e. The molecular weight excluding hydrogens is 185 g/mol. The normalized spacial score (nSPS) is 10.8. The number of nitrogens with two attached hydrogens (primary N) is 1. The molecule has 1 aromatic heterocycles. The molecule has 0 aliphatic heterocycles. The summed E-state index contributed by atoms with van der Waals surface area (Å²) in [4.78, 5) is 3.16. The molecule has 1 rings (SSSR count). The maximum atomic E-state index is 12.6. The molecule has 0 aromatic carbocycles. The molecule has 13 heavy (non-hydrogen) atoms. The van der Waals surface area contributed by atoms with Gasteiger partial charge in [-0.1, -0.05) is 0 Å². The molecule has 0 atom stereocenters. The van der Waals surface area contributed by atoms with Gasteiger partial charge in [0.1, 0.15) is 0 Å². The molecule has 0 aliphatic rings. The molecule has 1 aromatic rings. The zero-order chi connectivity index (χ0) is 10.0. The Kier molecular flexibility index (Phi) is 2.72. The summed E-state index contributed by atoms with van der Waals surface area (Å²) in [5.74, 6) is -2.44. The molecule has 0 amide bonds. The van der Waals surface area contributed by atoms with Crippen molar-refractivity contribution in [3.05, 3.63) is 23.3 Å². The summed E-state index contributed by atoms with van der Waals surface area (Å²) in [6, 6.07) is 0.878. The van der Waals surface area contributed by atoms with E-state index in [9.17, 15) is 13.2 Å². The van der Waals surface area contributed by atoms with Gasteiger partial charge in [0, 0.05) is 6.54 Å². The summed E-state index contributed by atoms with van der Waals surface area (Å²) < 4.78 is 36.9. The van der Waals surface area contributed by atoms with Crippen molar-refractivity contribution in [1.82, 2.24) is 4.98 Å². The molecular formula is C7H7F3N2O. The third-order valence-electron chi connectivity index (χ3n) is 1.48. The highest BCUT2D eigenvalue weighted by Gasteiger charge is 2.18. The van der Waals surface area contributed by atoms with Crippen LogP contribution >= 0.6 is 0 Å². The summed E-state index contributed by atoms with van der Waals surface area (Å²) in [6.45, 7) is -0.156. The van der Waals surface area contributed by atoms with Gasteiger partial charge in [-0.25, -0.2) is 13.8 Å². The molecule has 0 fully saturated rings. The summed E-state index contributed by atoms with van der Waals surface area (Å²) in [5.41, 5.74) is 4.28. The highest BCUT2D eigenvalue weighted by Crippen LogP contribution is 2.29. The lowest BCUT2D eigenvalue weighted by Gasteiger charge is -2.05. The molecule has 3 N–H and O–H groups in total. The Balaban J connectivity index is 3.25. The average Bonchev–Trinajstić information content (AvgIpc) is 2.09. The van der Waals surface area contributed by atoms with Gasteiger partial charge in [-0.3, -0.25) is 0 Å². The van der Waals surface area contributed by atoms with Gasteiger partial charge in [0.05, 0.1) is 11.3 Å². The number of halogens is 3. The van der Waals surface area contributed by atoms with Crippen LogP contribution in [-0.2, 0) is 6.54 Å². The van der Waals surface area contributed by atoms with E-state index in [0.717, 1.165) is 6.07 Å². The van der Waals surface area contributed by atoms with E-state index in [2.05, 4.69) is 4.98 Å². The van der Waals surface area contributed by atoms with E-state index in [4.69, 9.17) is 10.8 Å². The fourth-order valence-corrected chi connectivity index (χ4v) is 0.849. The van der Waals surface area contributed by atoms with Gasteiger partial charge in [-0.2, -0.15) is 4.39 Å². The Morgan fingerprint density at radius 2 is 2.15 bits per heavy atom. The van der Waals surface area contributed by atoms with Crippen molar-refractivity contribution in [1.29, 1.82) is 0 Å². The standard InChI is InChI=1S/C7H7F3N2O/c8-6(9)4-1-3(2-11)12-7(10)5(4)13/h1,6,13H,2,11H2. The first-order valence-corrected chi connectivity index (χ1v) is 3.42. The Morgan fingerprint density at radius 3 is 2.62 bits per heavy atom. The van der Waals surface area contributed by atoms with E-state index in [-0.39, 0.29) is 12.2 Å². The predicted molar refractivity (Wildman–Crippen MR) is 38.7 cm³/mol. The Bertz CT molecular complexity index is 317. The third-order valence-corrected chi connectivity index (χ3v) is 1.48. The molecule has 0 radical (unpaired) electrons. The zero-order valence-electron chi connectivity index (χ0n) is 6.47. The molecule has 0 spiro atoms. The monoisotopic (exact) mass is 192 g/mol. The number of hydrogen-bond acceptors (Lipinski definition) is 3. The van der Waals surface area contributed by atoms with Gasteiger partial charge in [-0.15, -0.1) is 0 Å². The van der Waals surface area contributed by atoms with E-state index in [1.807, 2.05) is 0 Å². The molecule has 6 heteroatoms. The van der Waals surface area contributed by atoms with Crippen LogP contribution < -0.4 is 5.73 Å². The largest absolute Gasteiger partial charge is 0.503 e. The number of aromatic nitrogens is 1. The highest BCUT2D eigenvalue weighted by molar-refractivity contribution is 5.33. The van der Waals surface area contributed by atoms with Crippen LogP contribution in [0.25, 0.3) is 0 Å². The van der Waals surface area contributed by atoms with Crippen LogP contribution in [0.5, 0.6) is 5.75 Å². The topological polar surface area (TPSA) is 59.1 Å². The van der Waals surface area contributed by atoms with E-state index >= 15 is 0 Å². The number of pyridine rings is 1. The molecule has 0 saturated carbocycles. The minimum absolute atomic E-state index is 0.0226. The first-order chi connectivity index (χ1) is 6.06. The first kappa shape index (κ1) is 9.79. The van der Waals surface area contributed by atoms with Crippen molar-refractivity contribution >= 4 is 0 Å². The van der Waals surface area contributed by atoms with E-state index in [1.165, 1.54) is 0 Å². The summed E-state index contributed by atoms with van der Waals surface area (Å²) in [6.07, 6.45) is -2.94. The molecule has 0 aliphatic carbocycles. The van der Waals surface area contributed by atoms with Gasteiger partial charge < -0.3 is 10.8 Å². The second-order valence-electron chi connectivity index (χ2n) is 2.35. The van der Waals surface area contributed by atoms with Gasteiger partial charge in [0.2, 0.25) is 0 Å². The first-order valence-electron chi connectivity index (χ1n) is 3.42. The van der Waals surface area contributed by atoms with Gasteiger partial charge in [-0.05, 0) is 6.07 Å². The van der Waals surface area contributed by atoms with Crippen LogP contribution in [0.1, 0.15) is 17.7 Å². The minimum atomic E-state index is -2.94. The van der Waals surface area contributed by atoms with Crippen molar-refractivity contribution < 1.29 is 18.3 Å². The lowest BCUT2D eigenvalue weighted by atomic mass is 10.2. The second-order valence-corrected chi connectivity index (χ2v) is 2.35. The molecule has 72 valence electrons. The highest BCUT2D eigenvalue weighted by atomic mass is 19.3. The number of hydrogen-bond donors (Lipinski definition) is 2. The van der Waals surface area contributed by atoms with E-state index < -0.39 is 23.7 Å². The van der Waals surface area contributed by atoms with Gasteiger partial charge in [0.25, 0.3) is 12.4 Å². The van der Waals surface area contributed by atoms with Crippen LogP contribution in [0.15, 0.2) is 6.07 Å². The summed E-state index contributed by atoms with van der Waals surface area (Å²) in [7, 11) is 0. The van der Waals surface area contributed by atoms with Crippen LogP contribution in [0.3, 0.4) is 0 Å². The number of aromatic hydroxyl groups is 1. The SMILES string of the molecule is NCc1cc(C(F)F)c(O)c(F)n1. The van der Waals surface area contributed by atoms with Crippen LogP contribution in [0.2, 0.25) is 0 Å². The molecule has 0 saturated heterocycles. The minimum Gasteiger partial charge on any atom is -0.503 e. The number of alkyl halides is 2. The van der Waals surface area contributed by atoms with Gasteiger partial charge >= 0.3 is 0 Å². The summed E-state index contributed by atoms with van der Waals surface area (Å²) in [5, 5.41) is 8.83. The van der Waals surface area contributed by atoms with Crippen LogP contribution in [-0.4, -0.2) is 10.1 Å². The lowest BCUT2D eigenvalue weighted by Crippen LogP contribution is -2.03. The van der Waals surface area contributed by atoms with E-state index in [1.54, 1.807) is 0 Å². The second kappa shape index (κ2) is 3.61. The number of rotatable bonds is 2. The lowest BCUT2D eigenvalue weighted by molar-refractivity contribution is 0.146. The zero-order valence-corrected chi connectivity index (χ0v) is 6.47. The van der Waals surface area contributed by atoms with Gasteiger partial charge in [0.15, 0.2) is 5.75 Å². The van der Waals surface area contributed by atoms with Crippen molar-refractivity contribution in [2.24, 2.45) is 5.73 Å². The maximum absolute atomic E-state index is 12.6. The summed E-state index contributed by atoms with van der Waals surface area (Å²) >= 11 is 0. The molecule has 1 heterocycles. The van der Waals surface area contributed by atoms with Crippen LogP contribution in [0.4, 0.5) is 13.2 Å². The fourth-order valence-electron chi connectivity index (χ4n) is 0.849. The Hall–Kier alpha value is -1.30. The molecule has 0 bridgehead atoms. The Labute approximate surface area is 72.0 Å². The van der Waals surface area contributed by atoms with Crippen molar-refractivity contribution in [3.8, 4) is 5.75 Å². The van der Waals surface area contributed by atoms with Crippen molar-refractivity contribution in [3.63, 3.8) is 0 Å². The smallest absolute Gasteiger partial charge is 0.267 e.